The van der Waals surface area contributed by atoms with Crippen LogP contribution in [0.15, 0.2) is 35.5 Å². The number of ether oxygens (including phenoxy) is 6. The van der Waals surface area contributed by atoms with Crippen LogP contribution in [-0.2, 0) is 61.2 Å². The monoisotopic (exact) mass is 1020 g/mol. The van der Waals surface area contributed by atoms with Crippen LogP contribution in [0.4, 0.5) is 4.79 Å². The minimum Gasteiger partial charge on any atom is -0.459 e. The minimum absolute atomic E-state index is 0.116. The summed E-state index contributed by atoms with van der Waals surface area (Å²) in [6.07, 6.45) is -1.35. The lowest BCUT2D eigenvalue weighted by Crippen LogP contribution is -2.82. The second-order valence-corrected chi connectivity index (χ2v) is 31.3. The van der Waals surface area contributed by atoms with E-state index in [1.165, 1.54) is 13.8 Å². The fraction of sp³-hybridized carbons (Fsp3) is 0.769. The number of hydrogen-bond donors (Lipinski definition) is 2. The van der Waals surface area contributed by atoms with Gasteiger partial charge in [-0.2, -0.15) is 0 Å². The highest BCUT2D eigenvalue weighted by atomic mass is 28.4. The van der Waals surface area contributed by atoms with Gasteiger partial charge in [-0.3, -0.25) is 19.2 Å². The molecule has 1 amide bonds. The maximum atomic E-state index is 16.4. The number of ketones is 1. The number of Topliss-reactive ketones (excluding diaryl/α,β-unsaturated/α-hetero) is 1. The van der Waals surface area contributed by atoms with Gasteiger partial charge >= 0.3 is 30.0 Å². The fourth-order valence-electron chi connectivity index (χ4n) is 12.0. The van der Waals surface area contributed by atoms with E-state index in [0.29, 0.717) is 48.3 Å². The van der Waals surface area contributed by atoms with Crippen molar-refractivity contribution in [3.05, 3.63) is 35.5 Å². The number of fused-ring (bicyclic) bond motifs is 6. The number of rotatable bonds is 13. The Hall–Kier alpha value is -3.69. The molecular weight excluding hydrogens is 935 g/mol. The van der Waals surface area contributed by atoms with E-state index in [9.17, 15) is 24.3 Å². The predicted octanol–water partition coefficient (Wildman–Crippen LogP) is 8.50. The molecule has 0 aromatic rings. The third-order valence-electron chi connectivity index (χ3n) is 16.6. The van der Waals surface area contributed by atoms with Gasteiger partial charge in [-0.15, -0.1) is 0 Å². The summed E-state index contributed by atoms with van der Waals surface area (Å²) in [6.45, 7) is 26.4. The molecule has 11 atom stereocenters. The second-order valence-electron chi connectivity index (χ2n) is 21.9. The lowest BCUT2D eigenvalue weighted by molar-refractivity contribution is -0.346. The van der Waals surface area contributed by atoms with Crippen molar-refractivity contribution in [1.29, 1.82) is 0 Å². The number of hydrogen-bond acceptors (Lipinski definition) is 15. The highest BCUT2D eigenvalue weighted by Gasteiger charge is 2.79. The molecule has 3 bridgehead atoms. The van der Waals surface area contributed by atoms with Crippen molar-refractivity contribution in [3.8, 4) is 0 Å². The molecule has 18 heteroatoms. The number of aliphatic hydroxyl groups is 1. The van der Waals surface area contributed by atoms with E-state index in [2.05, 4.69) is 26.1 Å². The highest BCUT2D eigenvalue weighted by molar-refractivity contribution is 6.74. The summed E-state index contributed by atoms with van der Waals surface area (Å²) in [7, 11) is -5.30. The SMILES string of the molecule is CC[Si](CC)(CC)O[C@H]1C[C@H]2OC[C@@]2(OC(C)=O)[C@H]2[C@@H]3OC(=O)CC/C=C/C/C=C/[C@H](NC(=O)OC(C)(C)C)[C@@H](O[Si](CC)(CC)CC)C(=O)O[C@H]4C[C@]3(O)C(C)(C)C(=C4C)[C@@H](OC(C)=O)C(=O)[C@]12C. The number of nitrogens with one attached hydrogen (secondary N) is 1. The van der Waals surface area contributed by atoms with Crippen LogP contribution in [0.1, 0.15) is 136 Å². The number of carbonyl (C=O) groups excluding carboxylic acids is 6. The van der Waals surface area contributed by atoms with Crippen LogP contribution >= 0.6 is 0 Å². The highest BCUT2D eigenvalue weighted by Crippen LogP contribution is 2.65. The lowest BCUT2D eigenvalue weighted by atomic mass is 9.44. The summed E-state index contributed by atoms with van der Waals surface area (Å²) < 4.78 is 52.2. The molecule has 0 aromatic heterocycles. The standard InChI is InChI=1S/C52H83NO15Si2/c1-16-69(17-2,18-3)67-37-29-38-51(31-61-38,65-34(9)55)43-45-52(60)30-36(32(7)40(49(52,13)14)42(62-33(8)54)44(57)50(37,43)15)63-46(58)41(68-70(19-4,20-5)21-6)35(53-47(59)66-48(10,11)12)27-25-23-22-24-26-28-39(56)64-45/h22,24-25,27,35-38,41-43,45,60H,16-21,23,26,28-31H2,1-15H3,(H,53,59)/b24-22+,27-25+/t35-,36-,37-,38+,41+,42+,43-,45-,50+,51-,52+/m0/s1. The first kappa shape index (κ1) is 57.2. The average molecular weight is 1020 g/mol. The summed E-state index contributed by atoms with van der Waals surface area (Å²) in [5, 5.41) is 17.1. The maximum Gasteiger partial charge on any atom is 0.408 e. The molecule has 5 aliphatic rings. The molecule has 0 spiro atoms. The van der Waals surface area contributed by atoms with Crippen molar-refractivity contribution in [2.75, 3.05) is 6.61 Å². The van der Waals surface area contributed by atoms with Crippen LogP contribution in [0.2, 0.25) is 36.3 Å². The van der Waals surface area contributed by atoms with Gasteiger partial charge in [-0.1, -0.05) is 79.7 Å². The molecule has 394 valence electrons. The molecular formula is C52H83NO15Si2. The molecule has 16 nitrogen and oxygen atoms in total. The molecule has 0 radical (unpaired) electrons. The Morgan fingerprint density at radius 1 is 0.857 bits per heavy atom. The zero-order valence-electron chi connectivity index (χ0n) is 44.6. The van der Waals surface area contributed by atoms with Crippen molar-refractivity contribution in [2.45, 2.75) is 232 Å². The topological polar surface area (TPSA) is 209 Å². The Morgan fingerprint density at radius 3 is 1.99 bits per heavy atom. The summed E-state index contributed by atoms with van der Waals surface area (Å²) in [5.41, 5.74) is -7.60. The zero-order valence-corrected chi connectivity index (χ0v) is 46.6. The molecule has 2 aliphatic heterocycles. The van der Waals surface area contributed by atoms with Crippen LogP contribution in [-0.4, -0.2) is 124 Å². The molecule has 3 fully saturated rings. The predicted molar refractivity (Wildman–Crippen MR) is 266 cm³/mol. The minimum atomic E-state index is -2.69. The maximum absolute atomic E-state index is 16.4. The Balaban J connectivity index is 1.87. The Kier molecular flexibility index (Phi) is 17.8. The smallest absolute Gasteiger partial charge is 0.408 e. The fourth-order valence-corrected chi connectivity index (χ4v) is 17.8. The van der Waals surface area contributed by atoms with Crippen molar-refractivity contribution in [3.63, 3.8) is 0 Å². The Morgan fingerprint density at radius 2 is 1.46 bits per heavy atom. The van der Waals surface area contributed by atoms with Gasteiger partial charge in [0.15, 0.2) is 40.2 Å². The molecule has 3 aliphatic carbocycles. The Bertz CT molecular complexity index is 2050. The van der Waals surface area contributed by atoms with E-state index in [4.69, 9.17) is 37.3 Å². The molecule has 70 heavy (non-hydrogen) atoms. The number of allylic oxidation sites excluding steroid dienone is 3. The van der Waals surface area contributed by atoms with Crippen molar-refractivity contribution in [2.24, 2.45) is 16.7 Å². The third kappa shape index (κ3) is 10.8. The number of amides is 1. The number of alkyl carbamates (subject to hydrolysis) is 1. The van der Waals surface area contributed by atoms with E-state index < -0.39 is 129 Å². The zero-order chi connectivity index (χ0) is 52.4. The van der Waals surface area contributed by atoms with Crippen LogP contribution in [0.5, 0.6) is 0 Å². The van der Waals surface area contributed by atoms with Gasteiger partial charge in [0.25, 0.3) is 0 Å². The van der Waals surface area contributed by atoms with Gasteiger partial charge in [-0.25, -0.2) is 9.59 Å². The summed E-state index contributed by atoms with van der Waals surface area (Å²) >= 11 is 0. The molecule has 1 saturated heterocycles. The van der Waals surface area contributed by atoms with E-state index in [1.54, 1.807) is 60.6 Å². The number of esters is 4. The summed E-state index contributed by atoms with van der Waals surface area (Å²) in [4.78, 5) is 86.7. The summed E-state index contributed by atoms with van der Waals surface area (Å²) in [6, 6.07) is 2.99. The van der Waals surface area contributed by atoms with Crippen LogP contribution in [0.3, 0.4) is 0 Å². The first-order valence-electron chi connectivity index (χ1n) is 25.7. The van der Waals surface area contributed by atoms with Crippen molar-refractivity contribution < 1.29 is 71.1 Å². The average Bonchev–Trinajstić information content (AvgIpc) is 3.27. The van der Waals surface area contributed by atoms with E-state index >= 15 is 9.59 Å². The quantitative estimate of drug-likeness (QED) is 0.0767. The Labute approximate surface area is 417 Å². The lowest BCUT2D eigenvalue weighted by Gasteiger charge is -2.68. The third-order valence-corrected chi connectivity index (χ3v) is 25.9. The first-order valence-corrected chi connectivity index (χ1v) is 30.7. The molecule has 2 saturated carbocycles. The van der Waals surface area contributed by atoms with Gasteiger partial charge in [0.1, 0.15) is 29.5 Å². The van der Waals surface area contributed by atoms with Gasteiger partial charge in [0.2, 0.25) is 0 Å². The van der Waals surface area contributed by atoms with Crippen LogP contribution < -0.4 is 5.32 Å². The second kappa shape index (κ2) is 21.8. The van der Waals surface area contributed by atoms with Crippen LogP contribution in [0.25, 0.3) is 0 Å². The number of carbonyl (C=O) groups is 6. The van der Waals surface area contributed by atoms with E-state index in [1.807, 2.05) is 32.9 Å². The van der Waals surface area contributed by atoms with Crippen LogP contribution in [0, 0.1) is 16.7 Å². The summed E-state index contributed by atoms with van der Waals surface area (Å²) in [5.74, 6) is -4.99. The van der Waals surface area contributed by atoms with E-state index in [-0.39, 0.29) is 37.9 Å². The molecule has 2 N–H and O–H groups in total. The molecule has 5 rings (SSSR count). The van der Waals surface area contributed by atoms with Gasteiger partial charge in [0.05, 0.1) is 30.1 Å². The largest absolute Gasteiger partial charge is 0.459 e. The van der Waals surface area contributed by atoms with Gasteiger partial charge < -0.3 is 47.7 Å². The van der Waals surface area contributed by atoms with Gasteiger partial charge in [0, 0.05) is 38.5 Å². The van der Waals surface area contributed by atoms with E-state index in [0.717, 1.165) is 0 Å². The normalized spacial score (nSPS) is 34.7. The molecule has 0 unspecified atom stereocenters. The first-order chi connectivity index (χ1) is 32.6. The van der Waals surface area contributed by atoms with Gasteiger partial charge in [-0.05, 0) is 94.9 Å². The molecule has 0 aromatic carbocycles. The van der Waals surface area contributed by atoms with Crippen molar-refractivity contribution >= 4 is 52.4 Å². The molecule has 2 heterocycles. The van der Waals surface area contributed by atoms with Crippen molar-refractivity contribution in [1.82, 2.24) is 5.32 Å².